The van der Waals surface area contributed by atoms with E-state index >= 15 is 0 Å². The van der Waals surface area contributed by atoms with Crippen molar-refractivity contribution in [3.8, 4) is 17.0 Å². The van der Waals surface area contributed by atoms with E-state index in [0.717, 1.165) is 12.5 Å². The lowest BCUT2D eigenvalue weighted by molar-refractivity contribution is -0.117. The zero-order valence-corrected chi connectivity index (χ0v) is 19.2. The number of ether oxygens (including phenoxy) is 1. The van der Waals surface area contributed by atoms with Gasteiger partial charge in [-0.2, -0.15) is 0 Å². The highest BCUT2D eigenvalue weighted by Gasteiger charge is 2.17. The van der Waals surface area contributed by atoms with Crippen molar-refractivity contribution < 1.29 is 22.7 Å². The van der Waals surface area contributed by atoms with Crippen LogP contribution in [0.2, 0.25) is 0 Å². The lowest BCUT2D eigenvalue weighted by Gasteiger charge is -2.12. The van der Waals surface area contributed by atoms with Crippen LogP contribution in [0.1, 0.15) is 17.3 Å². The van der Waals surface area contributed by atoms with Crippen molar-refractivity contribution in [1.82, 2.24) is 9.71 Å². The average molecular weight is 476 g/mol. The second-order valence-electron chi connectivity index (χ2n) is 7.44. The molecule has 172 valence electrons. The molecule has 1 heterocycles. The van der Waals surface area contributed by atoms with Crippen molar-refractivity contribution >= 4 is 38.4 Å². The molecule has 0 aliphatic rings. The van der Waals surface area contributed by atoms with Crippen molar-refractivity contribution in [2.24, 2.45) is 0 Å². The van der Waals surface area contributed by atoms with Crippen LogP contribution >= 0.6 is 0 Å². The standard InChI is InChI=1S/C25H21N3O5S/c1-16(29)28-34(31,32)20-13-9-18(10-14-20)26-25(30)22-15-24(17-7-11-19(33-2)12-8-17)27-23-6-4-3-5-21(22)23/h3-15H,1-2H3,(H,26,30)(H,28,29). The first-order valence-electron chi connectivity index (χ1n) is 10.3. The number of para-hydroxylation sites is 1. The van der Waals surface area contributed by atoms with Crippen molar-refractivity contribution in [3.63, 3.8) is 0 Å². The minimum atomic E-state index is -3.96. The molecule has 4 rings (SSSR count). The molecular formula is C25H21N3O5S. The summed E-state index contributed by atoms with van der Waals surface area (Å²) < 4.78 is 31.4. The Kier molecular flexibility index (Phi) is 6.29. The fourth-order valence-electron chi connectivity index (χ4n) is 3.44. The van der Waals surface area contributed by atoms with Crippen LogP contribution in [0.5, 0.6) is 5.75 Å². The third-order valence-corrected chi connectivity index (χ3v) is 6.50. The minimum Gasteiger partial charge on any atom is -0.497 e. The van der Waals surface area contributed by atoms with Gasteiger partial charge in [-0.15, -0.1) is 0 Å². The van der Waals surface area contributed by atoms with Gasteiger partial charge >= 0.3 is 0 Å². The Balaban J connectivity index is 1.66. The molecule has 0 radical (unpaired) electrons. The van der Waals surface area contributed by atoms with E-state index in [1.807, 2.05) is 53.3 Å². The molecule has 0 aliphatic heterocycles. The summed E-state index contributed by atoms with van der Waals surface area (Å²) >= 11 is 0. The van der Waals surface area contributed by atoms with E-state index in [2.05, 4.69) is 5.32 Å². The number of benzene rings is 3. The van der Waals surface area contributed by atoms with Gasteiger partial charge in [0.25, 0.3) is 15.9 Å². The zero-order chi connectivity index (χ0) is 24.3. The zero-order valence-electron chi connectivity index (χ0n) is 18.4. The van der Waals surface area contributed by atoms with Crippen LogP contribution in [0, 0.1) is 0 Å². The number of sulfonamides is 1. The normalized spacial score (nSPS) is 11.1. The molecule has 0 spiro atoms. The molecule has 9 heteroatoms. The summed E-state index contributed by atoms with van der Waals surface area (Å²) in [6, 6.07) is 22.0. The molecule has 8 nitrogen and oxygen atoms in total. The quantitative estimate of drug-likeness (QED) is 0.436. The van der Waals surface area contributed by atoms with Gasteiger partial charge in [0.15, 0.2) is 0 Å². The third kappa shape index (κ3) is 4.89. The molecule has 2 amide bonds. The summed E-state index contributed by atoms with van der Waals surface area (Å²) in [7, 11) is -2.37. The largest absolute Gasteiger partial charge is 0.497 e. The molecule has 0 saturated heterocycles. The van der Waals surface area contributed by atoms with Crippen LogP contribution < -0.4 is 14.8 Å². The molecule has 2 N–H and O–H groups in total. The van der Waals surface area contributed by atoms with E-state index < -0.39 is 15.9 Å². The van der Waals surface area contributed by atoms with E-state index in [9.17, 15) is 18.0 Å². The maximum Gasteiger partial charge on any atom is 0.264 e. The Morgan fingerprint density at radius 3 is 2.24 bits per heavy atom. The summed E-state index contributed by atoms with van der Waals surface area (Å²) in [5, 5.41) is 3.48. The van der Waals surface area contributed by atoms with Crippen LogP contribution in [0.4, 0.5) is 5.69 Å². The smallest absolute Gasteiger partial charge is 0.264 e. The maximum atomic E-state index is 13.2. The number of nitrogens with zero attached hydrogens (tertiary/aromatic N) is 1. The number of nitrogens with one attached hydrogen (secondary N) is 2. The molecule has 34 heavy (non-hydrogen) atoms. The van der Waals surface area contributed by atoms with Crippen LogP contribution in [0.25, 0.3) is 22.2 Å². The lowest BCUT2D eigenvalue weighted by atomic mass is 10.0. The van der Waals surface area contributed by atoms with E-state index in [0.29, 0.717) is 33.6 Å². The van der Waals surface area contributed by atoms with Gasteiger partial charge in [0.05, 0.1) is 28.8 Å². The first-order chi connectivity index (χ1) is 16.3. The monoisotopic (exact) mass is 475 g/mol. The summed E-state index contributed by atoms with van der Waals surface area (Å²) in [6.07, 6.45) is 0. The van der Waals surface area contributed by atoms with E-state index in [-0.39, 0.29) is 10.8 Å². The summed E-state index contributed by atoms with van der Waals surface area (Å²) in [5.41, 5.74) is 2.94. The predicted octanol–water partition coefficient (Wildman–Crippen LogP) is 3.99. The van der Waals surface area contributed by atoms with Gasteiger partial charge in [0.1, 0.15) is 5.75 Å². The number of amides is 2. The fourth-order valence-corrected chi connectivity index (χ4v) is 4.43. The van der Waals surface area contributed by atoms with Gasteiger partial charge in [-0.1, -0.05) is 18.2 Å². The summed E-state index contributed by atoms with van der Waals surface area (Å²) in [6.45, 7) is 1.12. The van der Waals surface area contributed by atoms with Gasteiger partial charge in [-0.05, 0) is 60.7 Å². The molecule has 0 bridgehead atoms. The number of rotatable bonds is 6. The molecule has 0 unspecified atom stereocenters. The highest BCUT2D eigenvalue weighted by Crippen LogP contribution is 2.27. The van der Waals surface area contributed by atoms with Gasteiger partial charge in [-0.3, -0.25) is 9.59 Å². The van der Waals surface area contributed by atoms with E-state index in [4.69, 9.17) is 9.72 Å². The Labute approximate surface area is 196 Å². The molecule has 1 aromatic heterocycles. The Morgan fingerprint density at radius 1 is 0.912 bits per heavy atom. The summed E-state index contributed by atoms with van der Waals surface area (Å²) in [5.74, 6) is -0.341. The number of pyridine rings is 1. The first kappa shape index (κ1) is 22.9. The number of carbonyl (C=O) groups excluding carboxylic acids is 2. The van der Waals surface area contributed by atoms with Gasteiger partial charge in [0, 0.05) is 23.6 Å². The number of carbonyl (C=O) groups is 2. The highest BCUT2D eigenvalue weighted by molar-refractivity contribution is 7.90. The molecule has 3 aromatic carbocycles. The topological polar surface area (TPSA) is 114 Å². The SMILES string of the molecule is COc1ccc(-c2cc(C(=O)Nc3ccc(S(=O)(=O)NC(C)=O)cc3)c3ccccc3n2)cc1. The predicted molar refractivity (Wildman–Crippen MR) is 129 cm³/mol. The molecule has 0 aliphatic carbocycles. The number of hydrogen-bond acceptors (Lipinski definition) is 6. The second-order valence-corrected chi connectivity index (χ2v) is 9.12. The molecular weight excluding hydrogens is 454 g/mol. The average Bonchev–Trinajstić information content (AvgIpc) is 2.83. The molecule has 0 atom stereocenters. The number of anilines is 1. The first-order valence-corrected chi connectivity index (χ1v) is 11.7. The van der Waals surface area contributed by atoms with Crippen LogP contribution in [0.3, 0.4) is 0 Å². The molecule has 0 fully saturated rings. The van der Waals surface area contributed by atoms with Crippen molar-refractivity contribution in [2.75, 3.05) is 12.4 Å². The Hall–Kier alpha value is -4.24. The van der Waals surface area contributed by atoms with Crippen LogP contribution in [-0.2, 0) is 14.8 Å². The van der Waals surface area contributed by atoms with Crippen LogP contribution in [-0.4, -0.2) is 32.3 Å². The van der Waals surface area contributed by atoms with Gasteiger partial charge < -0.3 is 10.1 Å². The fraction of sp³-hybridized carbons (Fsp3) is 0.0800. The van der Waals surface area contributed by atoms with Gasteiger partial charge in [-0.25, -0.2) is 18.1 Å². The van der Waals surface area contributed by atoms with Crippen molar-refractivity contribution in [3.05, 3.63) is 84.4 Å². The number of fused-ring (bicyclic) bond motifs is 1. The minimum absolute atomic E-state index is 0.0862. The van der Waals surface area contributed by atoms with Gasteiger partial charge in [0.2, 0.25) is 5.91 Å². The third-order valence-electron chi connectivity index (χ3n) is 5.05. The molecule has 0 saturated carbocycles. The van der Waals surface area contributed by atoms with Crippen molar-refractivity contribution in [2.45, 2.75) is 11.8 Å². The van der Waals surface area contributed by atoms with Crippen molar-refractivity contribution in [1.29, 1.82) is 0 Å². The maximum absolute atomic E-state index is 13.2. The summed E-state index contributed by atoms with van der Waals surface area (Å²) in [4.78, 5) is 28.9. The number of hydrogen-bond donors (Lipinski definition) is 2. The second kappa shape index (κ2) is 9.32. The Bertz CT molecular complexity index is 1480. The molecule has 4 aromatic rings. The highest BCUT2D eigenvalue weighted by atomic mass is 32.2. The number of aromatic nitrogens is 1. The number of methoxy groups -OCH3 is 1. The lowest BCUT2D eigenvalue weighted by Crippen LogP contribution is -2.28. The van der Waals surface area contributed by atoms with E-state index in [1.165, 1.54) is 24.3 Å². The van der Waals surface area contributed by atoms with E-state index in [1.54, 1.807) is 13.2 Å². The Morgan fingerprint density at radius 2 is 1.59 bits per heavy atom. The van der Waals surface area contributed by atoms with Crippen LogP contribution in [0.15, 0.2) is 83.8 Å².